The van der Waals surface area contributed by atoms with Crippen molar-refractivity contribution in [1.82, 2.24) is 9.78 Å². The van der Waals surface area contributed by atoms with Crippen molar-refractivity contribution in [2.45, 2.75) is 67.0 Å². The zero-order valence-corrected chi connectivity index (χ0v) is 12.3. The highest BCUT2D eigenvalue weighted by Crippen LogP contribution is 2.24. The molecule has 0 aliphatic carbocycles. The minimum atomic E-state index is 0.420. The molecule has 2 atom stereocenters. The summed E-state index contributed by atoms with van der Waals surface area (Å²) < 4.78 is 2.10. The van der Waals surface area contributed by atoms with Crippen molar-refractivity contribution < 1.29 is 0 Å². The topological polar surface area (TPSA) is 29.9 Å². The van der Waals surface area contributed by atoms with Crippen molar-refractivity contribution in [3.63, 3.8) is 0 Å². The Morgan fingerprint density at radius 2 is 1.76 bits per heavy atom. The maximum absolute atomic E-state index is 4.60. The van der Waals surface area contributed by atoms with Gasteiger partial charge in [0.15, 0.2) is 0 Å². The number of aryl methyl sites for hydroxylation is 1. The highest BCUT2D eigenvalue weighted by Gasteiger charge is 2.17. The third-order valence-corrected chi connectivity index (χ3v) is 3.68. The molecule has 3 heteroatoms. The van der Waals surface area contributed by atoms with E-state index in [1.54, 1.807) is 0 Å². The fourth-order valence-corrected chi connectivity index (χ4v) is 2.10. The van der Waals surface area contributed by atoms with Crippen LogP contribution in [-0.4, -0.2) is 15.8 Å². The average molecular weight is 237 g/mol. The molecule has 1 aromatic rings. The summed E-state index contributed by atoms with van der Waals surface area (Å²) in [6.45, 7) is 15.3. The quantitative estimate of drug-likeness (QED) is 0.841. The van der Waals surface area contributed by atoms with Crippen molar-refractivity contribution in [1.29, 1.82) is 0 Å². The molecular weight excluding hydrogens is 210 g/mol. The first-order chi connectivity index (χ1) is 7.88. The average Bonchev–Trinajstić information content (AvgIpc) is 2.55. The van der Waals surface area contributed by atoms with Gasteiger partial charge >= 0.3 is 0 Å². The first-order valence-electron chi connectivity index (χ1n) is 6.70. The molecule has 0 radical (unpaired) electrons. The third kappa shape index (κ3) is 3.02. The normalized spacial score (nSPS) is 15.1. The van der Waals surface area contributed by atoms with Crippen LogP contribution in [0.5, 0.6) is 0 Å². The van der Waals surface area contributed by atoms with Gasteiger partial charge in [0.25, 0.3) is 0 Å². The lowest BCUT2D eigenvalue weighted by Crippen LogP contribution is -2.23. The Kier molecular flexibility index (Phi) is 4.61. The molecular formula is C14H27N3. The van der Waals surface area contributed by atoms with Gasteiger partial charge in [0.05, 0.1) is 17.1 Å². The van der Waals surface area contributed by atoms with E-state index in [1.807, 2.05) is 0 Å². The van der Waals surface area contributed by atoms with E-state index in [0.717, 1.165) is 5.69 Å². The zero-order valence-electron chi connectivity index (χ0n) is 12.3. The van der Waals surface area contributed by atoms with Crippen LogP contribution < -0.4 is 5.32 Å². The fourth-order valence-electron chi connectivity index (χ4n) is 2.10. The van der Waals surface area contributed by atoms with Crippen LogP contribution in [0.2, 0.25) is 0 Å². The molecule has 0 bridgehead atoms. The number of nitrogens with one attached hydrogen (secondary N) is 1. The maximum atomic E-state index is 4.60. The Bertz CT molecular complexity index is 366. The van der Waals surface area contributed by atoms with E-state index in [1.165, 1.54) is 17.8 Å². The summed E-state index contributed by atoms with van der Waals surface area (Å²) in [5, 5.41) is 8.22. The van der Waals surface area contributed by atoms with Crippen molar-refractivity contribution in [2.75, 3.05) is 5.32 Å². The van der Waals surface area contributed by atoms with Gasteiger partial charge in [-0.25, -0.2) is 0 Å². The van der Waals surface area contributed by atoms with E-state index in [4.69, 9.17) is 0 Å². The first kappa shape index (κ1) is 14.1. The fraction of sp³-hybridized carbons (Fsp3) is 0.786. The summed E-state index contributed by atoms with van der Waals surface area (Å²) in [6.07, 6.45) is 1.20. The molecule has 17 heavy (non-hydrogen) atoms. The van der Waals surface area contributed by atoms with Crippen LogP contribution in [0.25, 0.3) is 0 Å². The van der Waals surface area contributed by atoms with Crippen molar-refractivity contribution in [2.24, 2.45) is 5.92 Å². The molecule has 0 spiro atoms. The van der Waals surface area contributed by atoms with E-state index >= 15 is 0 Å². The molecule has 98 valence electrons. The van der Waals surface area contributed by atoms with Crippen LogP contribution in [0.3, 0.4) is 0 Å². The van der Waals surface area contributed by atoms with Crippen molar-refractivity contribution in [3.8, 4) is 0 Å². The second-order valence-electron chi connectivity index (χ2n) is 5.40. The number of anilines is 1. The minimum Gasteiger partial charge on any atom is -0.379 e. The molecule has 0 saturated carbocycles. The second-order valence-corrected chi connectivity index (χ2v) is 5.40. The predicted octanol–water partition coefficient (Wildman–Crippen LogP) is 3.93. The molecule has 3 nitrogen and oxygen atoms in total. The lowest BCUT2D eigenvalue weighted by molar-refractivity contribution is 0.493. The summed E-state index contributed by atoms with van der Waals surface area (Å²) in [5.74, 6) is 0.677. The highest BCUT2D eigenvalue weighted by molar-refractivity contribution is 5.52. The van der Waals surface area contributed by atoms with Gasteiger partial charge in [0.1, 0.15) is 0 Å². The predicted molar refractivity (Wildman–Crippen MR) is 74.6 cm³/mol. The van der Waals surface area contributed by atoms with Crippen molar-refractivity contribution in [3.05, 3.63) is 11.4 Å². The van der Waals surface area contributed by atoms with Crippen LogP contribution in [0.4, 0.5) is 5.69 Å². The minimum absolute atomic E-state index is 0.420. The molecule has 1 rings (SSSR count). The summed E-state index contributed by atoms with van der Waals surface area (Å²) in [7, 11) is 0. The number of rotatable bonds is 5. The van der Waals surface area contributed by atoms with Crippen LogP contribution in [0.15, 0.2) is 0 Å². The Morgan fingerprint density at radius 3 is 2.18 bits per heavy atom. The zero-order chi connectivity index (χ0) is 13.2. The van der Waals surface area contributed by atoms with Gasteiger partial charge in [-0.3, -0.25) is 4.68 Å². The SMILES string of the molecule is CCC(C)C(C)Nc1c(C)nn(C(C)C)c1C. The van der Waals surface area contributed by atoms with Crippen molar-refractivity contribution >= 4 is 5.69 Å². The van der Waals surface area contributed by atoms with Gasteiger partial charge in [-0.15, -0.1) is 0 Å². The van der Waals surface area contributed by atoms with Crippen LogP contribution in [0.1, 0.15) is 58.5 Å². The molecule has 0 aliphatic heterocycles. The van der Waals surface area contributed by atoms with Gasteiger partial charge in [-0.2, -0.15) is 5.10 Å². The second kappa shape index (κ2) is 5.56. The van der Waals surface area contributed by atoms with E-state index in [2.05, 4.69) is 63.6 Å². The molecule has 2 unspecified atom stereocenters. The highest BCUT2D eigenvalue weighted by atomic mass is 15.3. The Hall–Kier alpha value is -0.990. The summed E-state index contributed by atoms with van der Waals surface area (Å²) >= 11 is 0. The monoisotopic (exact) mass is 237 g/mol. The van der Waals surface area contributed by atoms with Crippen LogP contribution >= 0.6 is 0 Å². The number of hydrogen-bond acceptors (Lipinski definition) is 2. The van der Waals surface area contributed by atoms with Gasteiger partial charge in [0.2, 0.25) is 0 Å². The smallest absolute Gasteiger partial charge is 0.0828 e. The largest absolute Gasteiger partial charge is 0.379 e. The first-order valence-corrected chi connectivity index (χ1v) is 6.70. The Balaban J connectivity index is 2.92. The molecule has 0 aromatic carbocycles. The van der Waals surface area contributed by atoms with Gasteiger partial charge in [-0.1, -0.05) is 20.3 Å². The Morgan fingerprint density at radius 1 is 1.18 bits per heavy atom. The summed E-state index contributed by atoms with van der Waals surface area (Å²) in [5.41, 5.74) is 3.56. The van der Waals surface area contributed by atoms with Gasteiger partial charge in [-0.05, 0) is 40.5 Å². The van der Waals surface area contributed by atoms with Gasteiger partial charge < -0.3 is 5.32 Å². The molecule has 1 N–H and O–H groups in total. The molecule has 0 saturated heterocycles. The summed E-state index contributed by atoms with van der Waals surface area (Å²) in [4.78, 5) is 0. The van der Waals surface area contributed by atoms with E-state index in [-0.39, 0.29) is 0 Å². The summed E-state index contributed by atoms with van der Waals surface area (Å²) in [6, 6.07) is 0.908. The molecule has 1 heterocycles. The molecule has 1 aromatic heterocycles. The number of nitrogens with zero attached hydrogens (tertiary/aromatic N) is 2. The number of hydrogen-bond donors (Lipinski definition) is 1. The van der Waals surface area contributed by atoms with E-state index in [0.29, 0.717) is 18.0 Å². The maximum Gasteiger partial charge on any atom is 0.0828 e. The standard InChI is InChI=1S/C14H27N3/c1-8-10(4)11(5)15-14-12(6)16-17(9(2)3)13(14)7/h9-11,15H,8H2,1-7H3. The van der Waals surface area contributed by atoms with Crippen LogP contribution in [-0.2, 0) is 0 Å². The molecule has 0 amide bonds. The molecule has 0 aliphatic rings. The lowest BCUT2D eigenvalue weighted by Gasteiger charge is -2.21. The van der Waals surface area contributed by atoms with Gasteiger partial charge in [0, 0.05) is 12.1 Å². The van der Waals surface area contributed by atoms with E-state index in [9.17, 15) is 0 Å². The number of aromatic nitrogens is 2. The molecule has 0 fully saturated rings. The Labute approximate surface area is 106 Å². The lowest BCUT2D eigenvalue weighted by atomic mass is 10.0. The third-order valence-electron chi connectivity index (χ3n) is 3.68. The van der Waals surface area contributed by atoms with E-state index < -0.39 is 0 Å². The van der Waals surface area contributed by atoms with Crippen LogP contribution in [0, 0.1) is 19.8 Å².